The lowest BCUT2D eigenvalue weighted by atomic mass is 10.1. The summed E-state index contributed by atoms with van der Waals surface area (Å²) in [6, 6.07) is 0.0903. The lowest BCUT2D eigenvalue weighted by Gasteiger charge is -2.30. The van der Waals surface area contributed by atoms with Crippen LogP contribution in [0.2, 0.25) is 0 Å². The van der Waals surface area contributed by atoms with E-state index in [0.29, 0.717) is 5.92 Å². The highest BCUT2D eigenvalue weighted by molar-refractivity contribution is 5.88. The molecule has 1 heterocycles. The molecule has 1 saturated carbocycles. The van der Waals surface area contributed by atoms with E-state index in [2.05, 4.69) is 4.99 Å². The standard InChI is InChI=1S/C12H18FN3O/c1-2-3-12(17)16-7-8-4-9(10(16)5-8)15-11(14)6-13/h2-3,8-10H,4-7H2,1H3,(H2,14,15)/b3-2+. The zero-order valence-electron chi connectivity index (χ0n) is 9.97. The molecular weight excluding hydrogens is 221 g/mol. The van der Waals surface area contributed by atoms with Crippen LogP contribution in [0.4, 0.5) is 4.39 Å². The Hall–Kier alpha value is -1.39. The van der Waals surface area contributed by atoms with Crippen molar-refractivity contribution < 1.29 is 9.18 Å². The Kier molecular flexibility index (Phi) is 3.45. The zero-order valence-corrected chi connectivity index (χ0v) is 9.97. The molecule has 17 heavy (non-hydrogen) atoms. The van der Waals surface area contributed by atoms with Gasteiger partial charge in [-0.1, -0.05) is 6.08 Å². The van der Waals surface area contributed by atoms with Gasteiger partial charge in [0.15, 0.2) is 0 Å². The van der Waals surface area contributed by atoms with Gasteiger partial charge in [-0.05, 0) is 31.8 Å². The van der Waals surface area contributed by atoms with Crippen LogP contribution in [-0.2, 0) is 4.79 Å². The van der Waals surface area contributed by atoms with Crippen molar-refractivity contribution in [1.82, 2.24) is 4.90 Å². The monoisotopic (exact) mass is 239 g/mol. The fourth-order valence-corrected chi connectivity index (χ4v) is 2.87. The molecule has 94 valence electrons. The number of likely N-dealkylation sites (tertiary alicyclic amines) is 1. The summed E-state index contributed by atoms with van der Waals surface area (Å²) in [5.41, 5.74) is 5.42. The molecule has 1 saturated heterocycles. The van der Waals surface area contributed by atoms with Crippen LogP contribution in [0.25, 0.3) is 0 Å². The van der Waals surface area contributed by atoms with Crippen LogP contribution in [0.1, 0.15) is 19.8 Å². The van der Waals surface area contributed by atoms with E-state index in [-0.39, 0.29) is 23.8 Å². The maximum Gasteiger partial charge on any atom is 0.246 e. The number of rotatable bonds is 3. The Morgan fingerprint density at radius 1 is 1.59 bits per heavy atom. The number of nitrogens with two attached hydrogens (primary N) is 1. The summed E-state index contributed by atoms with van der Waals surface area (Å²) < 4.78 is 12.3. The van der Waals surface area contributed by atoms with E-state index in [9.17, 15) is 9.18 Å². The zero-order chi connectivity index (χ0) is 12.4. The smallest absolute Gasteiger partial charge is 0.246 e. The maximum absolute atomic E-state index is 12.3. The van der Waals surface area contributed by atoms with Crippen LogP contribution < -0.4 is 5.73 Å². The molecule has 0 aromatic heterocycles. The number of halogens is 1. The molecular formula is C12H18FN3O. The van der Waals surface area contributed by atoms with Gasteiger partial charge in [-0.3, -0.25) is 9.79 Å². The number of alkyl halides is 1. The first-order valence-electron chi connectivity index (χ1n) is 5.97. The minimum Gasteiger partial charge on any atom is -0.385 e. The third-order valence-corrected chi connectivity index (χ3v) is 3.51. The van der Waals surface area contributed by atoms with Crippen molar-refractivity contribution in [2.75, 3.05) is 13.2 Å². The van der Waals surface area contributed by atoms with E-state index in [1.165, 1.54) is 0 Å². The molecule has 1 aliphatic carbocycles. The third kappa shape index (κ3) is 2.33. The molecule has 0 radical (unpaired) electrons. The van der Waals surface area contributed by atoms with Gasteiger partial charge in [0.05, 0.1) is 12.1 Å². The SMILES string of the molecule is C/C=C/C(=O)N1CC2CC(N=C(N)CF)C1C2. The largest absolute Gasteiger partial charge is 0.385 e. The molecule has 3 unspecified atom stereocenters. The van der Waals surface area contributed by atoms with E-state index >= 15 is 0 Å². The highest BCUT2D eigenvalue weighted by atomic mass is 19.1. The summed E-state index contributed by atoms with van der Waals surface area (Å²) >= 11 is 0. The fourth-order valence-electron chi connectivity index (χ4n) is 2.87. The quantitative estimate of drug-likeness (QED) is 0.451. The molecule has 0 spiro atoms. The van der Waals surface area contributed by atoms with E-state index in [0.717, 1.165) is 19.4 Å². The van der Waals surface area contributed by atoms with Crippen LogP contribution in [0, 0.1) is 5.92 Å². The van der Waals surface area contributed by atoms with Gasteiger partial charge in [0.2, 0.25) is 5.91 Å². The average Bonchev–Trinajstić information content (AvgIpc) is 2.88. The van der Waals surface area contributed by atoms with Crippen molar-refractivity contribution in [3.8, 4) is 0 Å². The van der Waals surface area contributed by atoms with E-state index < -0.39 is 6.67 Å². The average molecular weight is 239 g/mol. The molecule has 2 fully saturated rings. The summed E-state index contributed by atoms with van der Waals surface area (Å²) in [5, 5.41) is 0. The summed E-state index contributed by atoms with van der Waals surface area (Å²) in [6.45, 7) is 1.91. The molecule has 3 atom stereocenters. The highest BCUT2D eigenvalue weighted by Gasteiger charge is 2.46. The predicted molar refractivity (Wildman–Crippen MR) is 64.4 cm³/mol. The predicted octanol–water partition coefficient (Wildman–Crippen LogP) is 0.879. The van der Waals surface area contributed by atoms with Gasteiger partial charge in [-0.25, -0.2) is 4.39 Å². The van der Waals surface area contributed by atoms with Crippen molar-refractivity contribution in [1.29, 1.82) is 0 Å². The van der Waals surface area contributed by atoms with Crippen LogP contribution in [0.5, 0.6) is 0 Å². The first kappa shape index (κ1) is 12.1. The van der Waals surface area contributed by atoms with E-state index in [4.69, 9.17) is 5.73 Å². The van der Waals surface area contributed by atoms with Crippen LogP contribution in [0.3, 0.4) is 0 Å². The molecule has 1 aliphatic heterocycles. The minimum atomic E-state index is -0.712. The van der Waals surface area contributed by atoms with Gasteiger partial charge in [-0.15, -0.1) is 0 Å². The number of hydrogen-bond donors (Lipinski definition) is 1. The number of allylic oxidation sites excluding steroid dienone is 1. The lowest BCUT2D eigenvalue weighted by Crippen LogP contribution is -2.44. The summed E-state index contributed by atoms with van der Waals surface area (Å²) in [7, 11) is 0. The van der Waals surface area contributed by atoms with Gasteiger partial charge in [0, 0.05) is 6.54 Å². The van der Waals surface area contributed by atoms with Crippen molar-refractivity contribution in [3.63, 3.8) is 0 Å². The number of amidine groups is 1. The van der Waals surface area contributed by atoms with Crippen molar-refractivity contribution in [3.05, 3.63) is 12.2 Å². The fraction of sp³-hybridized carbons (Fsp3) is 0.667. The molecule has 0 aromatic rings. The van der Waals surface area contributed by atoms with Crippen LogP contribution in [0.15, 0.2) is 17.1 Å². The maximum atomic E-state index is 12.3. The highest BCUT2D eigenvalue weighted by Crippen LogP contribution is 2.39. The van der Waals surface area contributed by atoms with Crippen molar-refractivity contribution >= 4 is 11.7 Å². The van der Waals surface area contributed by atoms with E-state index in [1.807, 2.05) is 11.8 Å². The second-order valence-electron chi connectivity index (χ2n) is 4.72. The Bertz CT molecular complexity index is 367. The summed E-state index contributed by atoms with van der Waals surface area (Å²) in [4.78, 5) is 17.8. The molecule has 2 bridgehead atoms. The number of nitrogens with zero attached hydrogens (tertiary/aromatic N) is 2. The second kappa shape index (κ2) is 4.85. The first-order chi connectivity index (χ1) is 8.15. The number of fused-ring (bicyclic) bond motifs is 2. The Morgan fingerprint density at radius 3 is 2.94 bits per heavy atom. The van der Waals surface area contributed by atoms with Gasteiger partial charge in [-0.2, -0.15) is 0 Å². The Morgan fingerprint density at radius 2 is 2.35 bits per heavy atom. The Balaban J connectivity index is 2.08. The number of piperidine rings is 1. The molecule has 2 N–H and O–H groups in total. The van der Waals surface area contributed by atoms with Crippen LogP contribution >= 0.6 is 0 Å². The lowest BCUT2D eigenvalue weighted by molar-refractivity contribution is -0.127. The molecule has 1 amide bonds. The van der Waals surface area contributed by atoms with Gasteiger partial charge in [0.1, 0.15) is 12.5 Å². The molecule has 2 aliphatic rings. The third-order valence-electron chi connectivity index (χ3n) is 3.51. The topological polar surface area (TPSA) is 58.7 Å². The molecule has 5 heteroatoms. The van der Waals surface area contributed by atoms with E-state index in [1.54, 1.807) is 12.2 Å². The normalized spacial score (nSPS) is 32.7. The minimum absolute atomic E-state index is 0.0151. The number of hydrogen-bond acceptors (Lipinski definition) is 2. The van der Waals surface area contributed by atoms with Crippen molar-refractivity contribution in [2.24, 2.45) is 16.6 Å². The molecule has 4 nitrogen and oxygen atoms in total. The second-order valence-corrected chi connectivity index (χ2v) is 4.72. The number of aliphatic imine (C=N–C) groups is 1. The first-order valence-corrected chi connectivity index (χ1v) is 5.97. The number of carbonyl (C=O) groups is 1. The summed E-state index contributed by atoms with van der Waals surface area (Å²) in [6.07, 6.45) is 5.20. The van der Waals surface area contributed by atoms with Crippen molar-refractivity contribution in [2.45, 2.75) is 31.8 Å². The Labute approximate surface area is 100 Å². The molecule has 0 aromatic carbocycles. The van der Waals surface area contributed by atoms with Gasteiger partial charge < -0.3 is 10.6 Å². The van der Waals surface area contributed by atoms with Crippen LogP contribution in [-0.4, -0.2) is 41.9 Å². The van der Waals surface area contributed by atoms with Gasteiger partial charge in [0.25, 0.3) is 0 Å². The van der Waals surface area contributed by atoms with Gasteiger partial charge >= 0.3 is 0 Å². The summed E-state index contributed by atoms with van der Waals surface area (Å²) in [5.74, 6) is 0.565. The number of carbonyl (C=O) groups excluding carboxylic acids is 1. The number of amides is 1. The molecule has 2 rings (SSSR count).